The first kappa shape index (κ1) is 18.6. The number of methoxy groups -OCH3 is 2. The zero-order valence-corrected chi connectivity index (χ0v) is 15.0. The number of carbonyl (C=O) groups is 1. The van der Waals surface area contributed by atoms with Gasteiger partial charge in [-0.25, -0.2) is 0 Å². The molecule has 0 saturated carbocycles. The second kappa shape index (κ2) is 8.01. The van der Waals surface area contributed by atoms with Gasteiger partial charge in [0.25, 0.3) is 0 Å². The van der Waals surface area contributed by atoms with Crippen LogP contribution in [0.25, 0.3) is 10.9 Å². The lowest BCUT2D eigenvalue weighted by Crippen LogP contribution is -2.14. The van der Waals surface area contributed by atoms with Crippen LogP contribution in [0.5, 0.6) is 5.75 Å². The highest BCUT2D eigenvalue weighted by molar-refractivity contribution is 5.80. The summed E-state index contributed by atoms with van der Waals surface area (Å²) >= 11 is 0. The number of hydrogen-bond acceptors (Lipinski definition) is 7. The summed E-state index contributed by atoms with van der Waals surface area (Å²) in [5.74, 6) is -1.47. The number of aromatic nitrogens is 1. The molecule has 7 heteroatoms. The quantitative estimate of drug-likeness (QED) is 0.667. The van der Waals surface area contributed by atoms with Crippen LogP contribution in [-0.4, -0.2) is 30.3 Å². The lowest BCUT2D eigenvalue weighted by Gasteiger charge is -2.18. The minimum atomic E-state index is -0.702. The molecule has 2 heterocycles. The minimum Gasteiger partial charge on any atom is -0.502 e. The van der Waals surface area contributed by atoms with Gasteiger partial charge in [-0.05, 0) is 23.8 Å². The third-order valence-corrected chi connectivity index (χ3v) is 4.23. The van der Waals surface area contributed by atoms with E-state index in [1.54, 1.807) is 18.3 Å². The van der Waals surface area contributed by atoms with Crippen LogP contribution in [0.15, 0.2) is 51.8 Å². The predicted octanol–water partition coefficient (Wildman–Crippen LogP) is 2.74. The highest BCUT2D eigenvalue weighted by Gasteiger charge is 2.26. The minimum absolute atomic E-state index is 0.00295. The molecule has 3 rings (SSSR count). The van der Waals surface area contributed by atoms with Gasteiger partial charge in [0.05, 0.1) is 25.0 Å². The fourth-order valence-corrected chi connectivity index (χ4v) is 2.93. The van der Waals surface area contributed by atoms with Crippen LogP contribution in [0.1, 0.15) is 29.4 Å². The van der Waals surface area contributed by atoms with E-state index < -0.39 is 23.1 Å². The van der Waals surface area contributed by atoms with E-state index in [9.17, 15) is 14.7 Å². The number of fused-ring (bicyclic) bond motifs is 1. The van der Waals surface area contributed by atoms with Gasteiger partial charge in [-0.1, -0.05) is 12.1 Å². The van der Waals surface area contributed by atoms with Crippen molar-refractivity contribution in [1.29, 1.82) is 0 Å². The van der Waals surface area contributed by atoms with E-state index >= 15 is 0 Å². The Kier molecular flexibility index (Phi) is 5.52. The lowest BCUT2D eigenvalue weighted by molar-refractivity contribution is -0.140. The smallest absolute Gasteiger partial charge is 0.306 e. The summed E-state index contributed by atoms with van der Waals surface area (Å²) in [6.45, 7) is 0.0646. The van der Waals surface area contributed by atoms with Gasteiger partial charge >= 0.3 is 5.97 Å². The fraction of sp³-hybridized carbons (Fsp3) is 0.250. The topological polar surface area (TPSA) is 98.9 Å². The Morgan fingerprint density at radius 2 is 2.07 bits per heavy atom. The average molecular weight is 369 g/mol. The number of nitrogens with zero attached hydrogens (tertiary/aromatic N) is 1. The van der Waals surface area contributed by atoms with E-state index in [2.05, 4.69) is 4.98 Å². The van der Waals surface area contributed by atoms with E-state index in [1.165, 1.54) is 20.3 Å². The van der Waals surface area contributed by atoms with Gasteiger partial charge in [0, 0.05) is 24.8 Å². The van der Waals surface area contributed by atoms with E-state index in [0.29, 0.717) is 5.56 Å². The van der Waals surface area contributed by atoms with Crippen molar-refractivity contribution in [2.24, 2.45) is 0 Å². The van der Waals surface area contributed by atoms with Crippen molar-refractivity contribution in [3.63, 3.8) is 0 Å². The Hall–Kier alpha value is -3.19. The molecule has 2 aromatic heterocycles. The molecule has 1 aromatic carbocycles. The summed E-state index contributed by atoms with van der Waals surface area (Å²) in [5, 5.41) is 11.2. The number of hydrogen-bond donors (Lipinski definition) is 1. The molecular formula is C20H19NO6. The first-order chi connectivity index (χ1) is 13.0. The van der Waals surface area contributed by atoms with E-state index in [4.69, 9.17) is 13.9 Å². The van der Waals surface area contributed by atoms with Gasteiger partial charge in [0.2, 0.25) is 11.2 Å². The molecule has 0 aliphatic carbocycles. The van der Waals surface area contributed by atoms with Crippen molar-refractivity contribution < 1.29 is 23.8 Å². The number of pyridine rings is 1. The SMILES string of the molecule is COCc1cc(=O)c(O)c([C@@H](CC(=O)OC)c2ccc3ncccc3c2)o1. The Balaban J connectivity index is 2.16. The molecule has 140 valence electrons. The van der Waals surface area contributed by atoms with Crippen molar-refractivity contribution in [1.82, 2.24) is 4.98 Å². The molecule has 0 aliphatic rings. The fourth-order valence-electron chi connectivity index (χ4n) is 2.93. The van der Waals surface area contributed by atoms with Crippen LogP contribution < -0.4 is 5.43 Å². The van der Waals surface area contributed by atoms with Crippen LogP contribution in [-0.2, 0) is 20.9 Å². The van der Waals surface area contributed by atoms with E-state index in [-0.39, 0.29) is 24.5 Å². The largest absolute Gasteiger partial charge is 0.502 e. The Labute approximate surface area is 155 Å². The van der Waals surface area contributed by atoms with Crippen LogP contribution in [0, 0.1) is 0 Å². The van der Waals surface area contributed by atoms with E-state index in [1.807, 2.05) is 18.2 Å². The summed E-state index contributed by atoms with van der Waals surface area (Å²) < 4.78 is 15.5. The second-order valence-electron chi connectivity index (χ2n) is 6.01. The molecular weight excluding hydrogens is 350 g/mol. The van der Waals surface area contributed by atoms with Crippen LogP contribution >= 0.6 is 0 Å². The third kappa shape index (κ3) is 3.98. The molecule has 0 amide bonds. The third-order valence-electron chi connectivity index (χ3n) is 4.23. The number of ether oxygens (including phenoxy) is 2. The molecule has 0 radical (unpaired) electrons. The normalized spacial score (nSPS) is 12.1. The van der Waals surface area contributed by atoms with Crippen molar-refractivity contribution in [2.45, 2.75) is 18.9 Å². The number of esters is 1. The Bertz CT molecular complexity index is 1030. The zero-order chi connectivity index (χ0) is 19.4. The van der Waals surface area contributed by atoms with E-state index in [0.717, 1.165) is 10.9 Å². The van der Waals surface area contributed by atoms with Gasteiger partial charge < -0.3 is 19.0 Å². The number of aromatic hydroxyl groups is 1. The molecule has 0 aliphatic heterocycles. The molecule has 0 fully saturated rings. The first-order valence-electron chi connectivity index (χ1n) is 8.29. The van der Waals surface area contributed by atoms with Crippen LogP contribution in [0.2, 0.25) is 0 Å². The van der Waals surface area contributed by atoms with Crippen molar-refractivity contribution in [3.05, 3.63) is 69.9 Å². The molecule has 3 aromatic rings. The maximum Gasteiger partial charge on any atom is 0.306 e. The van der Waals surface area contributed by atoms with Gasteiger partial charge in [0.1, 0.15) is 12.4 Å². The molecule has 27 heavy (non-hydrogen) atoms. The summed E-state index contributed by atoms with van der Waals surface area (Å²) in [6.07, 6.45) is 1.59. The van der Waals surface area contributed by atoms with Crippen molar-refractivity contribution in [3.8, 4) is 5.75 Å². The number of benzene rings is 1. The Morgan fingerprint density at radius 1 is 1.26 bits per heavy atom. The summed E-state index contributed by atoms with van der Waals surface area (Å²) in [4.78, 5) is 28.4. The van der Waals surface area contributed by atoms with Gasteiger partial charge in [-0.15, -0.1) is 0 Å². The number of carbonyl (C=O) groups excluding carboxylic acids is 1. The highest BCUT2D eigenvalue weighted by atomic mass is 16.5. The molecule has 0 spiro atoms. The maximum absolute atomic E-state index is 12.1. The zero-order valence-electron chi connectivity index (χ0n) is 15.0. The van der Waals surface area contributed by atoms with Crippen molar-refractivity contribution >= 4 is 16.9 Å². The summed E-state index contributed by atoms with van der Waals surface area (Å²) in [6, 6.07) is 10.3. The molecule has 0 unspecified atom stereocenters. The molecule has 1 atom stereocenters. The first-order valence-corrected chi connectivity index (χ1v) is 8.29. The highest BCUT2D eigenvalue weighted by Crippen LogP contribution is 2.34. The predicted molar refractivity (Wildman–Crippen MR) is 97.6 cm³/mol. The standard InChI is InChI=1S/C20H19NO6/c1-25-11-14-9-17(22)19(24)20(27-14)15(10-18(23)26-2)12-5-6-16-13(8-12)4-3-7-21-16/h3-9,15,24H,10-11H2,1-2H3/t15-/m0/s1. The van der Waals surface area contributed by atoms with Crippen LogP contribution in [0.4, 0.5) is 0 Å². The van der Waals surface area contributed by atoms with Gasteiger partial charge in [0.15, 0.2) is 5.76 Å². The van der Waals surface area contributed by atoms with Crippen molar-refractivity contribution in [2.75, 3.05) is 14.2 Å². The Morgan fingerprint density at radius 3 is 2.81 bits per heavy atom. The van der Waals surface area contributed by atoms with Gasteiger partial charge in [-0.2, -0.15) is 0 Å². The van der Waals surface area contributed by atoms with Crippen LogP contribution in [0.3, 0.4) is 0 Å². The summed E-state index contributed by atoms with van der Waals surface area (Å²) in [5.41, 5.74) is 0.881. The lowest BCUT2D eigenvalue weighted by atomic mass is 9.91. The molecule has 0 saturated heterocycles. The van der Waals surface area contributed by atoms with Gasteiger partial charge in [-0.3, -0.25) is 14.6 Å². The molecule has 1 N–H and O–H groups in total. The molecule has 7 nitrogen and oxygen atoms in total. The number of rotatable bonds is 6. The second-order valence-corrected chi connectivity index (χ2v) is 6.01. The average Bonchev–Trinajstić information content (AvgIpc) is 2.68. The monoisotopic (exact) mass is 369 g/mol. The molecule has 0 bridgehead atoms. The summed E-state index contributed by atoms with van der Waals surface area (Å²) in [7, 11) is 2.75. The maximum atomic E-state index is 12.1.